The normalized spacial score (nSPS) is 30.4. The third kappa shape index (κ3) is 2.38. The number of hydrogen-bond donors (Lipinski definition) is 1. The van der Waals surface area contributed by atoms with E-state index in [0.29, 0.717) is 0 Å². The Morgan fingerprint density at radius 3 is 2.41 bits per heavy atom. The molecule has 3 atom stereocenters. The Morgan fingerprint density at radius 1 is 1.12 bits per heavy atom. The molecule has 0 amide bonds. The first-order valence-electron chi connectivity index (χ1n) is 6.78. The van der Waals surface area contributed by atoms with Gasteiger partial charge in [-0.25, -0.2) is 0 Å². The first-order valence-corrected chi connectivity index (χ1v) is 6.78. The van der Waals surface area contributed by atoms with Gasteiger partial charge in [-0.05, 0) is 30.2 Å². The van der Waals surface area contributed by atoms with E-state index >= 15 is 0 Å². The summed E-state index contributed by atoms with van der Waals surface area (Å²) in [6, 6.07) is 10.0. The van der Waals surface area contributed by atoms with Crippen molar-refractivity contribution in [1.29, 1.82) is 0 Å². The summed E-state index contributed by atoms with van der Waals surface area (Å²) in [7, 11) is 0. The van der Waals surface area contributed by atoms with Gasteiger partial charge in [0.25, 0.3) is 0 Å². The molecule has 1 aliphatic carbocycles. The number of rotatable bonds is 3. The molecule has 1 aromatic carbocycles. The lowest BCUT2D eigenvalue weighted by atomic mass is 10.0. The molecule has 17 heavy (non-hydrogen) atoms. The van der Waals surface area contributed by atoms with Gasteiger partial charge in [-0.2, -0.15) is 0 Å². The minimum absolute atomic E-state index is 0.324. The van der Waals surface area contributed by atoms with Crippen LogP contribution in [0, 0.1) is 11.8 Å². The molecule has 1 saturated heterocycles. The SMILES string of the molecule is OC(CN1CC2CCCC2C1)c1ccccc1. The number of β-amino-alcohol motifs (C(OH)–C–C–N with tert-alkyl or cyclic N) is 1. The van der Waals surface area contributed by atoms with Crippen molar-refractivity contribution in [3.63, 3.8) is 0 Å². The van der Waals surface area contributed by atoms with Crippen LogP contribution in [0.15, 0.2) is 30.3 Å². The van der Waals surface area contributed by atoms with Gasteiger partial charge in [-0.1, -0.05) is 36.8 Å². The molecule has 1 heterocycles. The molecule has 1 N–H and O–H groups in total. The molecular formula is C15H21NO. The zero-order chi connectivity index (χ0) is 11.7. The van der Waals surface area contributed by atoms with E-state index in [4.69, 9.17) is 0 Å². The standard InChI is InChI=1S/C15H21NO/c17-15(12-5-2-1-3-6-12)11-16-9-13-7-4-8-14(13)10-16/h1-3,5-6,13-15,17H,4,7-11H2. The maximum absolute atomic E-state index is 10.2. The minimum atomic E-state index is -0.324. The fraction of sp³-hybridized carbons (Fsp3) is 0.600. The molecular weight excluding hydrogens is 210 g/mol. The number of aliphatic hydroxyl groups is 1. The second kappa shape index (κ2) is 4.79. The monoisotopic (exact) mass is 231 g/mol. The van der Waals surface area contributed by atoms with Gasteiger partial charge in [0.15, 0.2) is 0 Å². The second-order valence-electron chi connectivity index (χ2n) is 5.60. The van der Waals surface area contributed by atoms with Gasteiger partial charge in [0.2, 0.25) is 0 Å². The Balaban J connectivity index is 1.58. The third-order valence-electron chi connectivity index (χ3n) is 4.42. The van der Waals surface area contributed by atoms with Gasteiger partial charge >= 0.3 is 0 Å². The molecule has 3 rings (SSSR count). The number of hydrogen-bond acceptors (Lipinski definition) is 2. The van der Waals surface area contributed by atoms with E-state index in [9.17, 15) is 5.11 Å². The highest BCUT2D eigenvalue weighted by Gasteiger charge is 2.36. The highest BCUT2D eigenvalue weighted by molar-refractivity contribution is 5.17. The Hall–Kier alpha value is -0.860. The average Bonchev–Trinajstić information content (AvgIpc) is 2.90. The lowest BCUT2D eigenvalue weighted by Gasteiger charge is -2.21. The first kappa shape index (κ1) is 11.2. The van der Waals surface area contributed by atoms with Crippen LogP contribution < -0.4 is 0 Å². The van der Waals surface area contributed by atoms with Crippen molar-refractivity contribution >= 4 is 0 Å². The van der Waals surface area contributed by atoms with E-state index in [0.717, 1.165) is 23.9 Å². The lowest BCUT2D eigenvalue weighted by Crippen LogP contribution is -2.27. The van der Waals surface area contributed by atoms with E-state index in [1.165, 1.54) is 32.4 Å². The highest BCUT2D eigenvalue weighted by Crippen LogP contribution is 2.38. The van der Waals surface area contributed by atoms with Crippen LogP contribution in [-0.4, -0.2) is 29.6 Å². The zero-order valence-corrected chi connectivity index (χ0v) is 10.3. The topological polar surface area (TPSA) is 23.5 Å². The maximum Gasteiger partial charge on any atom is 0.0916 e. The Labute approximate surface area is 103 Å². The summed E-state index contributed by atoms with van der Waals surface area (Å²) in [5.74, 6) is 1.83. The van der Waals surface area contributed by atoms with Crippen LogP contribution in [0.1, 0.15) is 30.9 Å². The van der Waals surface area contributed by atoms with Crippen LogP contribution in [0.3, 0.4) is 0 Å². The van der Waals surface area contributed by atoms with Crippen molar-refractivity contribution in [3.8, 4) is 0 Å². The molecule has 2 nitrogen and oxygen atoms in total. The molecule has 92 valence electrons. The van der Waals surface area contributed by atoms with Gasteiger partial charge in [-0.3, -0.25) is 4.90 Å². The van der Waals surface area contributed by atoms with Crippen molar-refractivity contribution in [1.82, 2.24) is 4.90 Å². The van der Waals surface area contributed by atoms with E-state index in [-0.39, 0.29) is 6.10 Å². The van der Waals surface area contributed by atoms with Gasteiger partial charge in [0.05, 0.1) is 6.10 Å². The summed E-state index contributed by atoms with van der Waals surface area (Å²) >= 11 is 0. The second-order valence-corrected chi connectivity index (χ2v) is 5.60. The van der Waals surface area contributed by atoms with E-state index in [1.54, 1.807) is 0 Å². The molecule has 3 unspecified atom stereocenters. The molecule has 1 aliphatic heterocycles. The molecule has 0 bridgehead atoms. The van der Waals surface area contributed by atoms with Crippen LogP contribution in [0.2, 0.25) is 0 Å². The molecule has 0 radical (unpaired) electrons. The molecule has 2 aliphatic rings. The first-order chi connectivity index (χ1) is 8.33. The summed E-state index contributed by atoms with van der Waals surface area (Å²) in [5, 5.41) is 10.2. The Morgan fingerprint density at radius 2 is 1.76 bits per heavy atom. The Bertz CT molecular complexity index is 352. The molecule has 0 spiro atoms. The van der Waals surface area contributed by atoms with Crippen molar-refractivity contribution in [2.75, 3.05) is 19.6 Å². The van der Waals surface area contributed by atoms with E-state index < -0.39 is 0 Å². The van der Waals surface area contributed by atoms with Crippen LogP contribution in [-0.2, 0) is 0 Å². The molecule has 2 heteroatoms. The number of benzene rings is 1. The zero-order valence-electron chi connectivity index (χ0n) is 10.3. The van der Waals surface area contributed by atoms with Gasteiger partial charge in [-0.15, -0.1) is 0 Å². The van der Waals surface area contributed by atoms with Crippen LogP contribution >= 0.6 is 0 Å². The predicted octanol–water partition coefficient (Wildman–Crippen LogP) is 2.45. The molecule has 2 fully saturated rings. The number of aliphatic hydroxyl groups excluding tert-OH is 1. The summed E-state index contributed by atoms with van der Waals surface area (Å²) in [5.41, 5.74) is 1.05. The fourth-order valence-corrected chi connectivity index (χ4v) is 3.51. The number of likely N-dealkylation sites (tertiary alicyclic amines) is 1. The van der Waals surface area contributed by atoms with Crippen molar-refractivity contribution in [3.05, 3.63) is 35.9 Å². The quantitative estimate of drug-likeness (QED) is 0.863. The van der Waals surface area contributed by atoms with Crippen molar-refractivity contribution in [2.45, 2.75) is 25.4 Å². The third-order valence-corrected chi connectivity index (χ3v) is 4.42. The number of nitrogens with zero attached hydrogens (tertiary/aromatic N) is 1. The van der Waals surface area contributed by atoms with Crippen molar-refractivity contribution < 1.29 is 5.11 Å². The minimum Gasteiger partial charge on any atom is -0.387 e. The Kier molecular flexibility index (Phi) is 3.17. The lowest BCUT2D eigenvalue weighted by molar-refractivity contribution is 0.122. The summed E-state index contributed by atoms with van der Waals surface area (Å²) < 4.78 is 0. The molecule has 0 aromatic heterocycles. The highest BCUT2D eigenvalue weighted by atomic mass is 16.3. The summed E-state index contributed by atoms with van der Waals surface area (Å²) in [4.78, 5) is 2.45. The van der Waals surface area contributed by atoms with Crippen LogP contribution in [0.25, 0.3) is 0 Å². The number of fused-ring (bicyclic) bond motifs is 1. The fourth-order valence-electron chi connectivity index (χ4n) is 3.51. The van der Waals surface area contributed by atoms with E-state index in [1.807, 2.05) is 30.3 Å². The van der Waals surface area contributed by atoms with Gasteiger partial charge in [0.1, 0.15) is 0 Å². The summed E-state index contributed by atoms with van der Waals surface area (Å²) in [6.07, 6.45) is 3.91. The average molecular weight is 231 g/mol. The van der Waals surface area contributed by atoms with Crippen LogP contribution in [0.4, 0.5) is 0 Å². The molecule has 1 aromatic rings. The predicted molar refractivity (Wildman–Crippen MR) is 68.7 cm³/mol. The van der Waals surface area contributed by atoms with Crippen LogP contribution in [0.5, 0.6) is 0 Å². The molecule has 1 saturated carbocycles. The van der Waals surface area contributed by atoms with E-state index in [2.05, 4.69) is 4.90 Å². The smallest absolute Gasteiger partial charge is 0.0916 e. The summed E-state index contributed by atoms with van der Waals surface area (Å²) in [6.45, 7) is 3.21. The van der Waals surface area contributed by atoms with Gasteiger partial charge < -0.3 is 5.11 Å². The largest absolute Gasteiger partial charge is 0.387 e. The van der Waals surface area contributed by atoms with Crippen molar-refractivity contribution in [2.24, 2.45) is 11.8 Å². The van der Waals surface area contributed by atoms with Gasteiger partial charge in [0, 0.05) is 19.6 Å². The maximum atomic E-state index is 10.2.